The molecule has 1 amide bonds. The van der Waals surface area contributed by atoms with Crippen LogP contribution >= 0.6 is 0 Å². The first-order valence-corrected chi connectivity index (χ1v) is 13.3. The molecular formula is C28H39NO4. The molecule has 2 aliphatic carbocycles. The van der Waals surface area contributed by atoms with E-state index < -0.39 is 11.6 Å². The summed E-state index contributed by atoms with van der Waals surface area (Å²) < 4.78 is 11.3. The number of hydrogen-bond donors (Lipinski definition) is 0. The molecule has 0 N–H and O–H groups in total. The zero-order valence-electron chi connectivity index (χ0n) is 20.1. The van der Waals surface area contributed by atoms with Gasteiger partial charge in [-0.3, -0.25) is 4.79 Å². The van der Waals surface area contributed by atoms with E-state index in [1.165, 1.54) is 64.2 Å². The predicted molar refractivity (Wildman–Crippen MR) is 127 cm³/mol. The molecule has 5 heteroatoms. The topological polar surface area (TPSA) is 55.8 Å². The molecule has 0 aromatic heterocycles. The normalized spacial score (nSPS) is 30.6. The molecule has 1 aromatic rings. The van der Waals surface area contributed by atoms with E-state index in [0.29, 0.717) is 18.4 Å². The molecule has 5 rings (SSSR count). The van der Waals surface area contributed by atoms with Crippen LogP contribution < -0.4 is 4.74 Å². The number of esters is 1. The molecule has 0 bridgehead atoms. The molecule has 0 spiro atoms. The molecule has 0 radical (unpaired) electrons. The van der Waals surface area contributed by atoms with E-state index >= 15 is 0 Å². The number of nitrogens with zero attached hydrogens (tertiary/aromatic N) is 1. The van der Waals surface area contributed by atoms with E-state index in [2.05, 4.69) is 0 Å². The first-order valence-electron chi connectivity index (χ1n) is 13.3. The SMILES string of the molecule is COc1ccc(CN2C(=O)[C@H](CC3CCCCC3)[C@]3(CCC4CCCCC4)OC(=O)C23)cc1. The summed E-state index contributed by atoms with van der Waals surface area (Å²) in [5.74, 6) is 1.86. The number of likely N-dealkylation sites (tertiary alicyclic amines) is 1. The second-order valence-corrected chi connectivity index (χ2v) is 10.9. The van der Waals surface area contributed by atoms with Crippen molar-refractivity contribution in [1.29, 1.82) is 0 Å². The van der Waals surface area contributed by atoms with Gasteiger partial charge < -0.3 is 14.4 Å². The molecule has 1 unspecified atom stereocenters. The van der Waals surface area contributed by atoms with Crippen molar-refractivity contribution < 1.29 is 19.1 Å². The van der Waals surface area contributed by atoms with Crippen molar-refractivity contribution in [3.8, 4) is 5.75 Å². The van der Waals surface area contributed by atoms with Crippen LogP contribution in [-0.2, 0) is 20.9 Å². The Labute approximate surface area is 198 Å². The Morgan fingerprint density at radius 2 is 1.58 bits per heavy atom. The fourth-order valence-electron chi connectivity index (χ4n) is 7.05. The Bertz CT molecular complexity index is 840. The van der Waals surface area contributed by atoms with Gasteiger partial charge in [0, 0.05) is 6.54 Å². The van der Waals surface area contributed by atoms with Crippen LogP contribution in [-0.4, -0.2) is 35.5 Å². The van der Waals surface area contributed by atoms with Crippen molar-refractivity contribution in [2.75, 3.05) is 7.11 Å². The Hall–Kier alpha value is -2.04. The van der Waals surface area contributed by atoms with Crippen LogP contribution in [0.3, 0.4) is 0 Å². The maximum atomic E-state index is 13.8. The van der Waals surface area contributed by atoms with E-state index in [0.717, 1.165) is 30.6 Å². The molecule has 5 nitrogen and oxygen atoms in total. The summed E-state index contributed by atoms with van der Waals surface area (Å²) in [6.07, 6.45) is 15.6. The summed E-state index contributed by atoms with van der Waals surface area (Å²) in [7, 11) is 1.65. The smallest absolute Gasteiger partial charge is 0.333 e. The lowest BCUT2D eigenvalue weighted by Crippen LogP contribution is -2.65. The molecule has 3 atom stereocenters. The summed E-state index contributed by atoms with van der Waals surface area (Å²) in [4.78, 5) is 28.5. The molecule has 180 valence electrons. The highest BCUT2D eigenvalue weighted by Gasteiger charge is 2.71. The molecule has 4 aliphatic rings. The minimum atomic E-state index is -0.602. The molecule has 2 saturated carbocycles. The van der Waals surface area contributed by atoms with Crippen molar-refractivity contribution in [3.63, 3.8) is 0 Å². The summed E-state index contributed by atoms with van der Waals surface area (Å²) in [5, 5.41) is 0. The van der Waals surface area contributed by atoms with Gasteiger partial charge in [-0.2, -0.15) is 0 Å². The monoisotopic (exact) mass is 453 g/mol. The zero-order valence-corrected chi connectivity index (χ0v) is 20.1. The van der Waals surface area contributed by atoms with Gasteiger partial charge in [0.05, 0.1) is 13.0 Å². The summed E-state index contributed by atoms with van der Waals surface area (Å²) >= 11 is 0. The molecular weight excluding hydrogens is 414 g/mol. The molecule has 2 saturated heterocycles. The Balaban J connectivity index is 1.37. The van der Waals surface area contributed by atoms with E-state index in [1.807, 2.05) is 29.2 Å². The number of fused-ring (bicyclic) bond motifs is 1. The van der Waals surface area contributed by atoms with Gasteiger partial charge in [-0.05, 0) is 48.8 Å². The van der Waals surface area contributed by atoms with Gasteiger partial charge in [-0.15, -0.1) is 0 Å². The highest BCUT2D eigenvalue weighted by Crippen LogP contribution is 2.53. The molecule has 1 aromatic carbocycles. The summed E-state index contributed by atoms with van der Waals surface area (Å²) in [6, 6.07) is 7.42. The van der Waals surface area contributed by atoms with Gasteiger partial charge in [0.25, 0.3) is 0 Å². The Morgan fingerprint density at radius 1 is 0.939 bits per heavy atom. The van der Waals surface area contributed by atoms with E-state index in [9.17, 15) is 9.59 Å². The predicted octanol–water partition coefficient (Wildman–Crippen LogP) is 5.65. The number of carbonyl (C=O) groups is 2. The van der Waals surface area contributed by atoms with Crippen LogP contribution in [0.25, 0.3) is 0 Å². The van der Waals surface area contributed by atoms with Crippen LogP contribution in [0.1, 0.15) is 89.0 Å². The van der Waals surface area contributed by atoms with Crippen LogP contribution in [0.5, 0.6) is 5.75 Å². The van der Waals surface area contributed by atoms with Crippen molar-refractivity contribution in [3.05, 3.63) is 29.8 Å². The lowest BCUT2D eigenvalue weighted by atomic mass is 9.70. The average Bonchev–Trinajstić information content (AvgIpc) is 3.02. The van der Waals surface area contributed by atoms with Crippen molar-refractivity contribution in [2.45, 2.75) is 102 Å². The lowest BCUT2D eigenvalue weighted by molar-refractivity contribution is -0.214. The number of amides is 1. The maximum absolute atomic E-state index is 13.8. The van der Waals surface area contributed by atoms with E-state index in [1.54, 1.807) is 7.11 Å². The summed E-state index contributed by atoms with van der Waals surface area (Å²) in [5.41, 5.74) is 0.429. The molecule has 33 heavy (non-hydrogen) atoms. The van der Waals surface area contributed by atoms with Gasteiger partial charge in [-0.1, -0.05) is 76.3 Å². The molecule has 4 fully saturated rings. The van der Waals surface area contributed by atoms with Gasteiger partial charge in [0.2, 0.25) is 5.91 Å². The van der Waals surface area contributed by atoms with Crippen molar-refractivity contribution in [1.82, 2.24) is 4.90 Å². The number of ether oxygens (including phenoxy) is 2. The Morgan fingerprint density at radius 3 is 2.18 bits per heavy atom. The first kappa shape index (κ1) is 22.7. The molecule has 2 aliphatic heterocycles. The summed E-state index contributed by atoms with van der Waals surface area (Å²) in [6.45, 7) is 0.467. The number of hydrogen-bond acceptors (Lipinski definition) is 4. The van der Waals surface area contributed by atoms with Crippen LogP contribution in [0, 0.1) is 17.8 Å². The standard InChI is InChI=1S/C28H39NO4/c1-32-23-14-12-22(13-15-23)19-29-25-27(31)33-28(25,17-16-20-8-4-2-5-9-20)24(26(29)30)18-21-10-6-3-7-11-21/h12-15,20-21,24-25H,2-11,16-19H2,1H3/t24-,25?,28-/m0/s1. The fraction of sp³-hybridized carbons (Fsp3) is 0.714. The highest BCUT2D eigenvalue weighted by molar-refractivity contribution is 5.97. The van der Waals surface area contributed by atoms with Gasteiger partial charge in [0.15, 0.2) is 11.6 Å². The third kappa shape index (κ3) is 4.40. The van der Waals surface area contributed by atoms with Gasteiger partial charge in [0.1, 0.15) is 5.75 Å². The van der Waals surface area contributed by atoms with Crippen LogP contribution in [0.4, 0.5) is 0 Å². The fourth-order valence-corrected chi connectivity index (χ4v) is 7.05. The minimum Gasteiger partial charge on any atom is -0.497 e. The maximum Gasteiger partial charge on any atom is 0.333 e. The molecule has 2 heterocycles. The van der Waals surface area contributed by atoms with E-state index in [4.69, 9.17) is 9.47 Å². The van der Waals surface area contributed by atoms with Crippen molar-refractivity contribution >= 4 is 11.9 Å². The second kappa shape index (κ2) is 9.68. The van der Waals surface area contributed by atoms with Crippen LogP contribution in [0.2, 0.25) is 0 Å². The van der Waals surface area contributed by atoms with Gasteiger partial charge >= 0.3 is 5.97 Å². The average molecular weight is 454 g/mol. The first-order chi connectivity index (χ1) is 16.1. The number of rotatable bonds is 8. The lowest BCUT2D eigenvalue weighted by Gasteiger charge is -2.48. The number of methoxy groups -OCH3 is 1. The highest BCUT2D eigenvalue weighted by atomic mass is 16.6. The quantitative estimate of drug-likeness (QED) is 0.477. The van der Waals surface area contributed by atoms with Crippen LogP contribution in [0.15, 0.2) is 24.3 Å². The largest absolute Gasteiger partial charge is 0.497 e. The van der Waals surface area contributed by atoms with Gasteiger partial charge in [-0.25, -0.2) is 4.79 Å². The third-order valence-corrected chi connectivity index (χ3v) is 8.93. The minimum absolute atomic E-state index is 0.135. The zero-order chi connectivity index (χ0) is 22.8. The van der Waals surface area contributed by atoms with Crippen molar-refractivity contribution in [2.24, 2.45) is 17.8 Å². The number of benzene rings is 1. The Kier molecular flexibility index (Phi) is 6.67. The number of carbonyl (C=O) groups excluding carboxylic acids is 2. The van der Waals surface area contributed by atoms with E-state index in [-0.39, 0.29) is 17.8 Å². The third-order valence-electron chi connectivity index (χ3n) is 8.93. The second-order valence-electron chi connectivity index (χ2n) is 10.9.